The van der Waals surface area contributed by atoms with Gasteiger partial charge in [-0.1, -0.05) is 54.1 Å². The highest BCUT2D eigenvalue weighted by Gasteiger charge is 2.45. The van der Waals surface area contributed by atoms with Crippen LogP contribution in [0.25, 0.3) is 16.6 Å². The van der Waals surface area contributed by atoms with Gasteiger partial charge in [0.05, 0.1) is 24.0 Å². The number of aliphatic hydroxyl groups excluding tert-OH is 4. The van der Waals surface area contributed by atoms with Gasteiger partial charge in [0.2, 0.25) is 6.29 Å². The molecule has 8 nitrogen and oxygen atoms in total. The molecule has 1 aliphatic heterocycles. The lowest BCUT2D eigenvalue weighted by Crippen LogP contribution is -2.60. The molecule has 0 saturated carbocycles. The molecule has 0 aliphatic carbocycles. The maximum Gasteiger partial charge on any atom is 0.229 e. The van der Waals surface area contributed by atoms with E-state index in [9.17, 15) is 25.2 Å². The topological polar surface area (TPSA) is 121 Å². The molecule has 5 atom stereocenters. The number of rotatable bonds is 6. The second-order valence-electron chi connectivity index (χ2n) is 8.55. The zero-order valence-electron chi connectivity index (χ0n) is 18.9. The Labute approximate surface area is 211 Å². The first-order valence-corrected chi connectivity index (χ1v) is 11.7. The number of aromatic nitrogens is 1. The molecule has 9 heteroatoms. The number of carbonyl (C=O) groups excluding carboxylic acids is 1. The molecule has 0 radical (unpaired) electrons. The molecule has 186 valence electrons. The molecular formula is C27H24ClNO7. The van der Waals surface area contributed by atoms with Gasteiger partial charge in [0, 0.05) is 21.5 Å². The third-order valence-electron chi connectivity index (χ3n) is 6.27. The minimum atomic E-state index is -1.58. The Morgan fingerprint density at radius 2 is 1.67 bits per heavy atom. The predicted molar refractivity (Wildman–Crippen MR) is 133 cm³/mol. The van der Waals surface area contributed by atoms with Crippen LogP contribution >= 0.6 is 11.6 Å². The number of halogens is 1. The van der Waals surface area contributed by atoms with Gasteiger partial charge < -0.3 is 34.5 Å². The molecule has 1 saturated heterocycles. The van der Waals surface area contributed by atoms with Gasteiger partial charge in [-0.3, -0.25) is 4.79 Å². The summed E-state index contributed by atoms with van der Waals surface area (Å²) >= 11 is 6.30. The van der Waals surface area contributed by atoms with Gasteiger partial charge in [-0.2, -0.15) is 0 Å². The van der Waals surface area contributed by atoms with Crippen LogP contribution in [-0.4, -0.2) is 68.1 Å². The van der Waals surface area contributed by atoms with Gasteiger partial charge in [0.1, 0.15) is 30.2 Å². The number of hydrogen-bond donors (Lipinski definition) is 4. The number of aliphatic hydroxyl groups is 4. The summed E-state index contributed by atoms with van der Waals surface area (Å²) in [6.07, 6.45) is -5.48. The largest absolute Gasteiger partial charge is 0.460 e. The molecule has 36 heavy (non-hydrogen) atoms. The summed E-state index contributed by atoms with van der Waals surface area (Å²) in [6.45, 7) is -0.572. The lowest BCUT2D eigenvalue weighted by molar-refractivity contribution is -0.277. The number of carbonyl (C=O) groups is 1. The van der Waals surface area contributed by atoms with E-state index in [1.807, 2.05) is 12.1 Å². The summed E-state index contributed by atoms with van der Waals surface area (Å²) in [5.74, 6) is 0.124. The van der Waals surface area contributed by atoms with E-state index in [-0.39, 0.29) is 11.5 Å². The van der Waals surface area contributed by atoms with Gasteiger partial charge in [-0.05, 0) is 30.3 Å². The third-order valence-corrected chi connectivity index (χ3v) is 6.50. The third kappa shape index (κ3) is 4.39. The number of benzene rings is 3. The van der Waals surface area contributed by atoms with Crippen molar-refractivity contribution in [3.8, 4) is 11.4 Å². The van der Waals surface area contributed by atoms with Gasteiger partial charge in [-0.25, -0.2) is 0 Å². The molecule has 3 aromatic carbocycles. The summed E-state index contributed by atoms with van der Waals surface area (Å²) in [5, 5.41) is 41.2. The highest BCUT2D eigenvalue weighted by Crippen LogP contribution is 2.36. The first-order chi connectivity index (χ1) is 17.4. The standard InChI is InChI=1S/C27H24ClNO7/c28-16-10-11-17-20(12-16)29(13-21(17)35-27-26(34)25(33)24(32)22(14-30)36-27)19-9-5-4-8-18(19)23(31)15-6-2-1-3-7-15/h1-13,22,24-27,30,32-34H,14H2/t22-,24+,25+,26-,27-/m0/s1. The molecule has 4 aromatic rings. The van der Waals surface area contributed by atoms with Gasteiger partial charge in [0.25, 0.3) is 0 Å². The van der Waals surface area contributed by atoms with Gasteiger partial charge in [-0.15, -0.1) is 0 Å². The fourth-order valence-corrected chi connectivity index (χ4v) is 4.54. The fraction of sp³-hybridized carbons (Fsp3) is 0.222. The van der Waals surface area contributed by atoms with Crippen molar-refractivity contribution in [2.45, 2.75) is 30.7 Å². The second-order valence-corrected chi connectivity index (χ2v) is 8.99. The van der Waals surface area contributed by atoms with E-state index in [0.717, 1.165) is 0 Å². The summed E-state index contributed by atoms with van der Waals surface area (Å²) < 4.78 is 13.2. The minimum Gasteiger partial charge on any atom is -0.460 e. The van der Waals surface area contributed by atoms with Crippen LogP contribution in [0, 0.1) is 0 Å². The van der Waals surface area contributed by atoms with E-state index in [0.29, 0.717) is 32.7 Å². The van der Waals surface area contributed by atoms with Crippen LogP contribution in [0.15, 0.2) is 79.0 Å². The Kier molecular flexibility index (Phi) is 6.81. The van der Waals surface area contributed by atoms with Crippen molar-refractivity contribution in [1.82, 2.24) is 4.57 Å². The summed E-state index contributed by atoms with van der Waals surface area (Å²) in [7, 11) is 0. The number of ether oxygens (including phenoxy) is 2. The van der Waals surface area contributed by atoms with E-state index < -0.39 is 37.3 Å². The van der Waals surface area contributed by atoms with Crippen molar-refractivity contribution in [1.29, 1.82) is 0 Å². The Bertz CT molecular complexity index is 1390. The van der Waals surface area contributed by atoms with Crippen molar-refractivity contribution < 1.29 is 34.7 Å². The summed E-state index contributed by atoms with van der Waals surface area (Å²) in [5.41, 5.74) is 2.22. The van der Waals surface area contributed by atoms with Crippen molar-refractivity contribution in [3.63, 3.8) is 0 Å². The molecule has 2 heterocycles. The zero-order chi connectivity index (χ0) is 25.4. The normalized spacial score (nSPS) is 24.1. The average Bonchev–Trinajstić information content (AvgIpc) is 3.26. The van der Waals surface area contributed by atoms with E-state index in [2.05, 4.69) is 0 Å². The second kappa shape index (κ2) is 10.0. The van der Waals surface area contributed by atoms with Gasteiger partial charge in [0.15, 0.2) is 5.78 Å². The Morgan fingerprint density at radius 1 is 0.944 bits per heavy atom. The predicted octanol–water partition coefficient (Wildman–Crippen LogP) is 2.69. The number of fused-ring (bicyclic) bond motifs is 1. The molecule has 1 fully saturated rings. The molecule has 1 aliphatic rings. The molecule has 0 unspecified atom stereocenters. The Hall–Kier alpha value is -3.24. The molecule has 1 aromatic heterocycles. The van der Waals surface area contributed by atoms with E-state index in [4.69, 9.17) is 21.1 Å². The number of hydrogen-bond acceptors (Lipinski definition) is 7. The van der Waals surface area contributed by atoms with E-state index >= 15 is 0 Å². The van der Waals surface area contributed by atoms with Crippen molar-refractivity contribution >= 4 is 28.3 Å². The number of para-hydroxylation sites is 1. The summed E-state index contributed by atoms with van der Waals surface area (Å²) in [4.78, 5) is 13.3. The highest BCUT2D eigenvalue weighted by molar-refractivity contribution is 6.31. The maximum atomic E-state index is 13.3. The lowest BCUT2D eigenvalue weighted by Gasteiger charge is -2.39. The highest BCUT2D eigenvalue weighted by atomic mass is 35.5. The molecule has 5 rings (SSSR count). The quantitative estimate of drug-likeness (QED) is 0.295. The number of ketones is 1. The van der Waals surface area contributed by atoms with E-state index in [1.165, 1.54) is 0 Å². The number of nitrogens with zero attached hydrogens (tertiary/aromatic N) is 1. The van der Waals surface area contributed by atoms with Crippen LogP contribution in [0.2, 0.25) is 5.02 Å². The smallest absolute Gasteiger partial charge is 0.229 e. The monoisotopic (exact) mass is 509 g/mol. The average molecular weight is 510 g/mol. The van der Waals surface area contributed by atoms with E-state index in [1.54, 1.807) is 71.4 Å². The fourth-order valence-electron chi connectivity index (χ4n) is 4.37. The summed E-state index contributed by atoms with van der Waals surface area (Å²) in [6, 6.07) is 21.2. The first kappa shape index (κ1) is 24.5. The molecule has 0 amide bonds. The Morgan fingerprint density at radius 3 is 2.42 bits per heavy atom. The molecule has 4 N–H and O–H groups in total. The first-order valence-electron chi connectivity index (χ1n) is 11.4. The Balaban J connectivity index is 1.59. The SMILES string of the molecule is O=C(c1ccccc1)c1ccccc1-n1cc(O[C@H]2O[C@@H](CO)[C@@H](O)[C@@H](O)[C@@H]2O)c2ccc(Cl)cc21. The molecular weight excluding hydrogens is 486 g/mol. The van der Waals surface area contributed by atoms with Crippen molar-refractivity contribution in [2.24, 2.45) is 0 Å². The van der Waals surface area contributed by atoms with Crippen LogP contribution in [-0.2, 0) is 4.74 Å². The molecule has 0 bridgehead atoms. The zero-order valence-corrected chi connectivity index (χ0v) is 19.7. The van der Waals surface area contributed by atoms with Crippen LogP contribution < -0.4 is 4.74 Å². The minimum absolute atomic E-state index is 0.161. The van der Waals surface area contributed by atoms with Crippen LogP contribution in [0.1, 0.15) is 15.9 Å². The van der Waals surface area contributed by atoms with Gasteiger partial charge >= 0.3 is 0 Å². The van der Waals surface area contributed by atoms with Crippen LogP contribution in [0.3, 0.4) is 0 Å². The van der Waals surface area contributed by atoms with Crippen molar-refractivity contribution in [2.75, 3.05) is 6.61 Å². The van der Waals surface area contributed by atoms with Crippen LogP contribution in [0.4, 0.5) is 0 Å². The molecule has 0 spiro atoms. The van der Waals surface area contributed by atoms with Crippen LogP contribution in [0.5, 0.6) is 5.75 Å². The van der Waals surface area contributed by atoms with Crippen molar-refractivity contribution in [3.05, 3.63) is 95.1 Å². The maximum absolute atomic E-state index is 13.3. The lowest BCUT2D eigenvalue weighted by atomic mass is 9.99.